The van der Waals surface area contributed by atoms with Gasteiger partial charge in [0.05, 0.1) is 0 Å². The second-order valence-electron chi connectivity index (χ2n) is 8.70. The fourth-order valence-corrected chi connectivity index (χ4v) is 6.75. The topological polar surface area (TPSA) is 17.1 Å². The highest BCUT2D eigenvalue weighted by Gasteiger charge is 2.55. The fraction of sp³-hybridized carbons (Fsp3) is 0.947. The molecule has 0 spiro atoms. The lowest BCUT2D eigenvalue weighted by Crippen LogP contribution is -2.52. The van der Waals surface area contributed by atoms with Gasteiger partial charge in [0.15, 0.2) is 0 Å². The van der Waals surface area contributed by atoms with E-state index in [1.807, 2.05) is 0 Å². The molecule has 0 amide bonds. The molecule has 0 aromatic carbocycles. The first-order chi connectivity index (χ1) is 9.68. The average Bonchev–Trinajstić information content (AvgIpc) is 2.45. The normalized spacial score (nSPS) is 50.4. The fourth-order valence-electron chi connectivity index (χ4n) is 6.75. The van der Waals surface area contributed by atoms with Crippen molar-refractivity contribution in [1.29, 1.82) is 0 Å². The lowest BCUT2D eigenvalue weighted by molar-refractivity contribution is -0.149. The molecule has 0 aromatic rings. The number of hydrogen-bond acceptors (Lipinski definition) is 1. The molecular formula is C19H30O. The highest BCUT2D eigenvalue weighted by atomic mass is 16.1. The highest BCUT2D eigenvalue weighted by molar-refractivity contribution is 5.87. The van der Waals surface area contributed by atoms with Crippen molar-refractivity contribution in [3.63, 3.8) is 0 Å². The summed E-state index contributed by atoms with van der Waals surface area (Å²) in [6, 6.07) is 0. The summed E-state index contributed by atoms with van der Waals surface area (Å²) >= 11 is 0. The standard InChI is InChI=1S/C19H30O/c1-2-13-4-3-5-17(9-13)18(20)19-10-14-6-15(11-19)8-16(7-14)12-19/h13-17H,2-12H2,1H3. The Morgan fingerprint density at radius 3 is 2.10 bits per heavy atom. The van der Waals surface area contributed by atoms with Crippen molar-refractivity contribution < 1.29 is 4.79 Å². The van der Waals surface area contributed by atoms with E-state index in [-0.39, 0.29) is 5.41 Å². The molecule has 5 aliphatic carbocycles. The maximum atomic E-state index is 13.3. The molecule has 5 saturated carbocycles. The molecule has 0 saturated heterocycles. The summed E-state index contributed by atoms with van der Waals surface area (Å²) in [5.74, 6) is 4.74. The van der Waals surface area contributed by atoms with Crippen molar-refractivity contribution in [3.05, 3.63) is 0 Å². The largest absolute Gasteiger partial charge is 0.299 e. The van der Waals surface area contributed by atoms with Gasteiger partial charge in [-0.3, -0.25) is 4.79 Å². The summed E-state index contributed by atoms with van der Waals surface area (Å²) in [4.78, 5) is 13.3. The molecule has 2 atom stereocenters. The molecule has 0 N–H and O–H groups in total. The molecule has 5 rings (SSSR count). The first kappa shape index (κ1) is 13.3. The smallest absolute Gasteiger partial charge is 0.142 e. The number of carbonyl (C=O) groups is 1. The Hall–Kier alpha value is -0.330. The average molecular weight is 274 g/mol. The summed E-state index contributed by atoms with van der Waals surface area (Å²) < 4.78 is 0. The Balaban J connectivity index is 1.53. The van der Waals surface area contributed by atoms with E-state index in [1.54, 1.807) is 0 Å². The molecule has 5 fully saturated rings. The number of Topliss-reactive ketones (excluding diaryl/α,β-unsaturated/α-hetero) is 1. The SMILES string of the molecule is CCC1CCCC(C(=O)C23CC4CC(CC(C4)C2)C3)C1. The first-order valence-corrected chi connectivity index (χ1v) is 9.23. The minimum atomic E-state index is 0.162. The van der Waals surface area contributed by atoms with Gasteiger partial charge in [0.25, 0.3) is 0 Å². The van der Waals surface area contributed by atoms with E-state index >= 15 is 0 Å². The van der Waals surface area contributed by atoms with Gasteiger partial charge >= 0.3 is 0 Å². The summed E-state index contributed by atoms with van der Waals surface area (Å²) in [6.07, 6.45) is 14.6. The molecule has 0 heterocycles. The zero-order valence-electron chi connectivity index (χ0n) is 13.1. The van der Waals surface area contributed by atoms with Gasteiger partial charge in [-0.1, -0.05) is 26.2 Å². The van der Waals surface area contributed by atoms with Crippen molar-refractivity contribution in [2.75, 3.05) is 0 Å². The lowest BCUT2D eigenvalue weighted by atomic mass is 9.47. The van der Waals surface area contributed by atoms with E-state index in [0.29, 0.717) is 5.92 Å². The minimum absolute atomic E-state index is 0.162. The van der Waals surface area contributed by atoms with Gasteiger partial charge < -0.3 is 0 Å². The van der Waals surface area contributed by atoms with Crippen LogP contribution in [0.25, 0.3) is 0 Å². The van der Waals surface area contributed by atoms with Gasteiger partial charge in [0.2, 0.25) is 0 Å². The van der Waals surface area contributed by atoms with Crippen LogP contribution in [0.15, 0.2) is 0 Å². The third-order valence-electron chi connectivity index (χ3n) is 7.29. The molecule has 4 bridgehead atoms. The Kier molecular flexibility index (Phi) is 3.23. The first-order valence-electron chi connectivity index (χ1n) is 9.23. The molecule has 0 aliphatic heterocycles. The molecule has 2 unspecified atom stereocenters. The summed E-state index contributed by atoms with van der Waals surface area (Å²) in [7, 11) is 0. The van der Waals surface area contributed by atoms with E-state index in [1.165, 1.54) is 70.6 Å². The van der Waals surface area contributed by atoms with E-state index < -0.39 is 0 Å². The molecular weight excluding hydrogens is 244 g/mol. The molecule has 20 heavy (non-hydrogen) atoms. The van der Waals surface area contributed by atoms with Gasteiger partial charge in [0.1, 0.15) is 5.78 Å². The van der Waals surface area contributed by atoms with Crippen molar-refractivity contribution in [1.82, 2.24) is 0 Å². The quantitative estimate of drug-likeness (QED) is 0.708. The van der Waals surface area contributed by atoms with Crippen LogP contribution in [0.1, 0.15) is 77.6 Å². The van der Waals surface area contributed by atoms with Crippen LogP contribution in [0.2, 0.25) is 0 Å². The van der Waals surface area contributed by atoms with Crippen molar-refractivity contribution in [3.8, 4) is 0 Å². The van der Waals surface area contributed by atoms with Gasteiger partial charge in [-0.25, -0.2) is 0 Å². The lowest BCUT2D eigenvalue weighted by Gasteiger charge is -2.57. The van der Waals surface area contributed by atoms with E-state index in [0.717, 1.165) is 29.5 Å². The second kappa shape index (κ2) is 4.85. The predicted molar refractivity (Wildman–Crippen MR) is 81.4 cm³/mol. The van der Waals surface area contributed by atoms with Gasteiger partial charge in [-0.15, -0.1) is 0 Å². The molecule has 1 nitrogen and oxygen atoms in total. The van der Waals surface area contributed by atoms with Crippen molar-refractivity contribution >= 4 is 5.78 Å². The molecule has 112 valence electrons. The van der Waals surface area contributed by atoms with Crippen molar-refractivity contribution in [2.24, 2.45) is 35.0 Å². The third-order valence-corrected chi connectivity index (χ3v) is 7.29. The van der Waals surface area contributed by atoms with Gasteiger partial charge in [-0.2, -0.15) is 0 Å². The van der Waals surface area contributed by atoms with Crippen LogP contribution in [-0.4, -0.2) is 5.78 Å². The van der Waals surface area contributed by atoms with Crippen LogP contribution in [0.3, 0.4) is 0 Å². The monoisotopic (exact) mass is 274 g/mol. The minimum Gasteiger partial charge on any atom is -0.299 e. The maximum Gasteiger partial charge on any atom is 0.142 e. The van der Waals surface area contributed by atoms with E-state index in [4.69, 9.17) is 0 Å². The van der Waals surface area contributed by atoms with Crippen LogP contribution in [-0.2, 0) is 4.79 Å². The Labute approximate surface area is 123 Å². The number of rotatable bonds is 3. The van der Waals surface area contributed by atoms with Crippen molar-refractivity contribution in [2.45, 2.75) is 77.6 Å². The number of carbonyl (C=O) groups excluding carboxylic acids is 1. The summed E-state index contributed by atoms with van der Waals surface area (Å²) in [6.45, 7) is 2.31. The molecule has 1 heteroatoms. The third kappa shape index (κ3) is 2.07. The molecule has 0 aromatic heterocycles. The molecule has 0 radical (unpaired) electrons. The highest BCUT2D eigenvalue weighted by Crippen LogP contribution is 2.61. The van der Waals surface area contributed by atoms with E-state index in [2.05, 4.69) is 6.92 Å². The Morgan fingerprint density at radius 1 is 0.950 bits per heavy atom. The van der Waals surface area contributed by atoms with E-state index in [9.17, 15) is 4.79 Å². The number of hydrogen-bond donors (Lipinski definition) is 0. The zero-order valence-corrected chi connectivity index (χ0v) is 13.1. The van der Waals surface area contributed by atoms with Crippen LogP contribution < -0.4 is 0 Å². The predicted octanol–water partition coefficient (Wildman–Crippen LogP) is 4.99. The van der Waals surface area contributed by atoms with Crippen LogP contribution in [0.4, 0.5) is 0 Å². The summed E-state index contributed by atoms with van der Waals surface area (Å²) in [5, 5.41) is 0. The number of ketones is 1. The summed E-state index contributed by atoms with van der Waals surface area (Å²) in [5.41, 5.74) is 0.162. The Morgan fingerprint density at radius 2 is 1.55 bits per heavy atom. The zero-order chi connectivity index (χ0) is 13.7. The van der Waals surface area contributed by atoms with Gasteiger partial charge in [-0.05, 0) is 75.0 Å². The van der Waals surface area contributed by atoms with Crippen LogP contribution in [0, 0.1) is 35.0 Å². The second-order valence-corrected chi connectivity index (χ2v) is 8.70. The van der Waals surface area contributed by atoms with Crippen LogP contribution >= 0.6 is 0 Å². The van der Waals surface area contributed by atoms with Crippen LogP contribution in [0.5, 0.6) is 0 Å². The molecule has 5 aliphatic rings. The van der Waals surface area contributed by atoms with Gasteiger partial charge in [0, 0.05) is 11.3 Å². The maximum absolute atomic E-state index is 13.3. The Bertz CT molecular complexity index is 361.